The van der Waals surface area contributed by atoms with E-state index in [4.69, 9.17) is 5.11 Å². The minimum Gasteiger partial charge on any atom is -0.478 e. The molecule has 0 bridgehead atoms. The van der Waals surface area contributed by atoms with Gasteiger partial charge in [-0.15, -0.1) is 0 Å². The topological polar surface area (TPSA) is 73.4 Å². The van der Waals surface area contributed by atoms with Gasteiger partial charge in [0.1, 0.15) is 0 Å². The lowest BCUT2D eigenvalue weighted by molar-refractivity contribution is 0.0693. The Labute approximate surface area is 98.1 Å². The average molecular weight is 234 g/mol. The quantitative estimate of drug-likeness (QED) is 0.785. The summed E-state index contributed by atoms with van der Waals surface area (Å²) in [4.78, 5) is 27.6. The summed E-state index contributed by atoms with van der Waals surface area (Å²) < 4.78 is 0. The summed E-state index contributed by atoms with van der Waals surface area (Å²) in [7, 11) is 0. The second-order valence-electron chi connectivity index (χ2n) is 4.76. The van der Waals surface area contributed by atoms with Crippen LogP contribution in [0.5, 0.6) is 0 Å². The summed E-state index contributed by atoms with van der Waals surface area (Å²) in [6.07, 6.45) is 3.16. The van der Waals surface area contributed by atoms with Crippen LogP contribution >= 0.6 is 0 Å². The zero-order valence-electron chi connectivity index (χ0n) is 9.40. The van der Waals surface area contributed by atoms with E-state index in [0.29, 0.717) is 12.6 Å². The molecule has 3 rings (SSSR count). The lowest BCUT2D eigenvalue weighted by Gasteiger charge is -2.29. The normalized spacial score (nSPS) is 20.0. The van der Waals surface area contributed by atoms with Crippen LogP contribution in [0.4, 0.5) is 0 Å². The van der Waals surface area contributed by atoms with E-state index in [1.165, 1.54) is 18.9 Å². The van der Waals surface area contributed by atoms with Gasteiger partial charge >= 0.3 is 5.97 Å². The molecule has 2 N–H and O–H groups in total. The number of fused-ring (bicyclic) bond motifs is 1. The van der Waals surface area contributed by atoms with E-state index >= 15 is 0 Å². The Kier molecular flexibility index (Phi) is 2.29. The minimum atomic E-state index is -1.01. The third-order valence-corrected chi connectivity index (χ3v) is 3.54. The molecule has 5 heteroatoms. The van der Waals surface area contributed by atoms with Gasteiger partial charge in [0.05, 0.1) is 5.56 Å². The Hall–Kier alpha value is -1.62. The van der Waals surface area contributed by atoms with Crippen molar-refractivity contribution < 1.29 is 9.90 Å². The molecule has 1 saturated carbocycles. The highest BCUT2D eigenvalue weighted by Crippen LogP contribution is 2.31. The standard InChI is InChI=1S/C12H14N2O3/c15-11-5-8(12(16)17)9-6-14(7-1-2-7)4-3-10(9)13-11/h5,7H,1-4,6H2,(H,13,15)(H,16,17). The lowest BCUT2D eigenvalue weighted by atomic mass is 10.00. The van der Waals surface area contributed by atoms with Gasteiger partial charge in [-0.05, 0) is 12.8 Å². The molecule has 1 aromatic rings. The van der Waals surface area contributed by atoms with Crippen LogP contribution < -0.4 is 5.56 Å². The van der Waals surface area contributed by atoms with Gasteiger partial charge in [-0.2, -0.15) is 0 Å². The Bertz CT molecular complexity index is 531. The summed E-state index contributed by atoms with van der Waals surface area (Å²) in [5.74, 6) is -1.01. The monoisotopic (exact) mass is 234 g/mol. The maximum atomic E-state index is 11.4. The molecular weight excluding hydrogens is 220 g/mol. The van der Waals surface area contributed by atoms with Crippen LogP contribution in [0, 0.1) is 0 Å². The van der Waals surface area contributed by atoms with Crippen LogP contribution in [0.3, 0.4) is 0 Å². The molecule has 0 unspecified atom stereocenters. The second-order valence-corrected chi connectivity index (χ2v) is 4.76. The summed E-state index contributed by atoms with van der Waals surface area (Å²) in [6, 6.07) is 1.81. The number of nitrogens with one attached hydrogen (secondary N) is 1. The number of carboxylic acid groups (broad SMARTS) is 1. The molecule has 0 aromatic carbocycles. The molecule has 90 valence electrons. The fourth-order valence-electron chi connectivity index (χ4n) is 2.51. The molecule has 0 atom stereocenters. The van der Waals surface area contributed by atoms with Crippen LogP contribution in [0.25, 0.3) is 0 Å². The molecule has 1 aliphatic heterocycles. The van der Waals surface area contributed by atoms with Gasteiger partial charge < -0.3 is 10.1 Å². The number of aromatic nitrogens is 1. The Morgan fingerprint density at radius 1 is 1.47 bits per heavy atom. The summed E-state index contributed by atoms with van der Waals surface area (Å²) in [6.45, 7) is 1.56. The molecule has 0 radical (unpaired) electrons. The number of nitrogens with zero attached hydrogens (tertiary/aromatic N) is 1. The van der Waals surface area contributed by atoms with Crippen molar-refractivity contribution >= 4 is 5.97 Å². The van der Waals surface area contributed by atoms with E-state index in [-0.39, 0.29) is 11.1 Å². The van der Waals surface area contributed by atoms with Crippen LogP contribution in [0.1, 0.15) is 34.5 Å². The van der Waals surface area contributed by atoms with Crippen LogP contribution in [0.2, 0.25) is 0 Å². The van der Waals surface area contributed by atoms with Crippen molar-refractivity contribution in [3.63, 3.8) is 0 Å². The highest BCUT2D eigenvalue weighted by molar-refractivity contribution is 5.89. The van der Waals surface area contributed by atoms with Crippen molar-refractivity contribution in [2.24, 2.45) is 0 Å². The van der Waals surface area contributed by atoms with Gasteiger partial charge in [0.25, 0.3) is 0 Å². The number of rotatable bonds is 2. The van der Waals surface area contributed by atoms with E-state index in [9.17, 15) is 9.59 Å². The number of carbonyl (C=O) groups is 1. The van der Waals surface area contributed by atoms with Crippen molar-refractivity contribution in [1.29, 1.82) is 0 Å². The highest BCUT2D eigenvalue weighted by Gasteiger charge is 2.33. The van der Waals surface area contributed by atoms with Crippen molar-refractivity contribution in [2.45, 2.75) is 31.8 Å². The molecule has 2 aliphatic rings. The first kappa shape index (κ1) is 10.5. The summed E-state index contributed by atoms with van der Waals surface area (Å²) in [5.41, 5.74) is 1.43. The molecule has 5 nitrogen and oxygen atoms in total. The zero-order chi connectivity index (χ0) is 12.0. The number of pyridine rings is 1. The van der Waals surface area contributed by atoms with E-state index in [0.717, 1.165) is 24.2 Å². The smallest absolute Gasteiger partial charge is 0.336 e. The van der Waals surface area contributed by atoms with Crippen molar-refractivity contribution in [1.82, 2.24) is 9.88 Å². The minimum absolute atomic E-state index is 0.161. The first-order valence-electron chi connectivity index (χ1n) is 5.87. The third-order valence-electron chi connectivity index (χ3n) is 3.54. The molecule has 1 aromatic heterocycles. The zero-order valence-corrected chi connectivity index (χ0v) is 9.40. The number of aromatic amines is 1. The van der Waals surface area contributed by atoms with E-state index < -0.39 is 5.97 Å². The predicted octanol–water partition coefficient (Wildman–Crippen LogP) is 0.594. The molecule has 1 aliphatic carbocycles. The van der Waals surface area contributed by atoms with Gasteiger partial charge in [-0.25, -0.2) is 4.79 Å². The maximum Gasteiger partial charge on any atom is 0.336 e. The van der Waals surface area contributed by atoms with Crippen LogP contribution in [-0.2, 0) is 13.0 Å². The summed E-state index contributed by atoms with van der Waals surface area (Å²) >= 11 is 0. The largest absolute Gasteiger partial charge is 0.478 e. The summed E-state index contributed by atoms with van der Waals surface area (Å²) in [5, 5.41) is 9.13. The van der Waals surface area contributed by atoms with Crippen molar-refractivity contribution in [3.05, 3.63) is 33.2 Å². The first-order valence-corrected chi connectivity index (χ1v) is 5.87. The average Bonchev–Trinajstić information content (AvgIpc) is 3.11. The molecular formula is C12H14N2O3. The number of carboxylic acids is 1. The SMILES string of the molecule is O=C(O)c1cc(=O)[nH]c2c1CN(C1CC1)CC2. The van der Waals surface area contributed by atoms with E-state index in [2.05, 4.69) is 9.88 Å². The highest BCUT2D eigenvalue weighted by atomic mass is 16.4. The lowest BCUT2D eigenvalue weighted by Crippen LogP contribution is -2.35. The molecule has 0 spiro atoms. The van der Waals surface area contributed by atoms with E-state index in [1.54, 1.807) is 0 Å². The van der Waals surface area contributed by atoms with Crippen molar-refractivity contribution in [2.75, 3.05) is 6.54 Å². The first-order chi connectivity index (χ1) is 8.15. The molecule has 17 heavy (non-hydrogen) atoms. The Balaban J connectivity index is 2.03. The third kappa shape index (κ3) is 1.86. The van der Waals surface area contributed by atoms with Crippen molar-refractivity contribution in [3.8, 4) is 0 Å². The molecule has 2 heterocycles. The van der Waals surface area contributed by atoms with E-state index in [1.807, 2.05) is 0 Å². The predicted molar refractivity (Wildman–Crippen MR) is 61.2 cm³/mol. The number of hydrogen-bond donors (Lipinski definition) is 2. The second kappa shape index (κ2) is 3.70. The Morgan fingerprint density at radius 3 is 2.88 bits per heavy atom. The molecule has 0 amide bonds. The van der Waals surface area contributed by atoms with Gasteiger partial charge in [-0.3, -0.25) is 9.69 Å². The fourth-order valence-corrected chi connectivity index (χ4v) is 2.51. The molecule has 0 saturated heterocycles. The van der Waals surface area contributed by atoms with Gasteiger partial charge in [0.2, 0.25) is 5.56 Å². The maximum absolute atomic E-state index is 11.4. The number of hydrogen-bond acceptors (Lipinski definition) is 3. The Morgan fingerprint density at radius 2 is 2.24 bits per heavy atom. The van der Waals surface area contributed by atoms with Crippen LogP contribution in [-0.4, -0.2) is 33.5 Å². The van der Waals surface area contributed by atoms with Crippen LogP contribution in [0.15, 0.2) is 10.9 Å². The van der Waals surface area contributed by atoms with Gasteiger partial charge in [0.15, 0.2) is 0 Å². The number of H-pyrrole nitrogens is 1. The fraction of sp³-hybridized carbons (Fsp3) is 0.500. The van der Waals surface area contributed by atoms with Gasteiger partial charge in [-0.1, -0.05) is 0 Å². The van der Waals surface area contributed by atoms with Gasteiger partial charge in [0, 0.05) is 42.9 Å². The number of aromatic carboxylic acids is 1. The molecule has 1 fully saturated rings.